The molecular formula is C6H10N2O3. The summed E-state index contributed by atoms with van der Waals surface area (Å²) in [5, 5.41) is 9.03. The fourth-order valence-electron chi connectivity index (χ4n) is 1.08. The van der Waals surface area contributed by atoms with Crippen LogP contribution in [0.4, 0.5) is 0 Å². The van der Waals surface area contributed by atoms with Crippen molar-refractivity contribution in [3.63, 3.8) is 0 Å². The Bertz CT molecular complexity index is 192. The van der Waals surface area contributed by atoms with Gasteiger partial charge in [0, 0.05) is 13.0 Å². The molecule has 5 nitrogen and oxygen atoms in total. The number of aliphatic hydroxyl groups excluding tert-OH is 1. The minimum Gasteiger partial charge on any atom is -0.366 e. The van der Waals surface area contributed by atoms with Gasteiger partial charge < -0.3 is 15.7 Å². The van der Waals surface area contributed by atoms with Gasteiger partial charge in [0.15, 0.2) is 0 Å². The van der Waals surface area contributed by atoms with E-state index in [-0.39, 0.29) is 5.91 Å². The molecule has 1 fully saturated rings. The van der Waals surface area contributed by atoms with Crippen LogP contribution in [0.1, 0.15) is 12.8 Å². The maximum Gasteiger partial charge on any atom is 0.267 e. The first kappa shape index (κ1) is 8.00. The Morgan fingerprint density at radius 1 is 1.73 bits per heavy atom. The van der Waals surface area contributed by atoms with E-state index in [1.807, 2.05) is 0 Å². The number of primary amides is 1. The maximum atomic E-state index is 10.9. The van der Waals surface area contributed by atoms with Crippen molar-refractivity contribution in [2.75, 3.05) is 6.54 Å². The lowest BCUT2D eigenvalue weighted by molar-refractivity contribution is -0.147. The van der Waals surface area contributed by atoms with E-state index in [0.29, 0.717) is 19.4 Å². The van der Waals surface area contributed by atoms with Gasteiger partial charge in [0.1, 0.15) is 0 Å². The molecule has 1 aliphatic rings. The molecule has 3 N–H and O–H groups in total. The summed E-state index contributed by atoms with van der Waals surface area (Å²) in [5.74, 6) is -1.09. The predicted molar refractivity (Wildman–Crippen MR) is 36.1 cm³/mol. The van der Waals surface area contributed by atoms with Crippen LogP contribution in [0.25, 0.3) is 0 Å². The number of likely N-dealkylation sites (tertiary alicyclic amines) is 1. The molecule has 5 heteroatoms. The standard InChI is InChI=1S/C6H10N2O3/c7-5(10)6(11)8-3-1-2-4(8)9/h6,11H,1-3H2,(H2,7,10). The first-order valence-electron chi connectivity index (χ1n) is 3.40. The third kappa shape index (κ3) is 1.48. The molecule has 0 saturated carbocycles. The van der Waals surface area contributed by atoms with E-state index in [9.17, 15) is 9.59 Å². The van der Waals surface area contributed by atoms with Gasteiger partial charge in [-0.2, -0.15) is 0 Å². The molecule has 2 amide bonds. The fraction of sp³-hybridized carbons (Fsp3) is 0.667. The molecule has 1 saturated heterocycles. The summed E-state index contributed by atoms with van der Waals surface area (Å²) >= 11 is 0. The first-order valence-corrected chi connectivity index (χ1v) is 3.40. The monoisotopic (exact) mass is 158 g/mol. The van der Waals surface area contributed by atoms with Crippen molar-refractivity contribution in [2.45, 2.75) is 19.1 Å². The summed E-state index contributed by atoms with van der Waals surface area (Å²) in [5.41, 5.74) is 4.80. The number of hydrogen-bond acceptors (Lipinski definition) is 3. The molecule has 1 unspecified atom stereocenters. The largest absolute Gasteiger partial charge is 0.366 e. The average Bonchev–Trinajstić information content (AvgIpc) is 2.33. The number of hydrogen-bond donors (Lipinski definition) is 2. The van der Waals surface area contributed by atoms with Crippen LogP contribution in [0.2, 0.25) is 0 Å². The van der Waals surface area contributed by atoms with Crippen LogP contribution in [0, 0.1) is 0 Å². The Labute approximate surface area is 63.8 Å². The molecule has 1 atom stereocenters. The topological polar surface area (TPSA) is 83.6 Å². The number of nitrogens with zero attached hydrogens (tertiary/aromatic N) is 1. The Hall–Kier alpha value is -1.10. The molecule has 1 rings (SSSR count). The van der Waals surface area contributed by atoms with Gasteiger partial charge >= 0.3 is 0 Å². The van der Waals surface area contributed by atoms with E-state index in [0.717, 1.165) is 4.90 Å². The maximum absolute atomic E-state index is 10.9. The highest BCUT2D eigenvalue weighted by molar-refractivity contribution is 5.86. The van der Waals surface area contributed by atoms with Crippen molar-refractivity contribution in [3.05, 3.63) is 0 Å². The zero-order valence-electron chi connectivity index (χ0n) is 5.99. The van der Waals surface area contributed by atoms with Crippen LogP contribution < -0.4 is 5.73 Å². The van der Waals surface area contributed by atoms with Crippen LogP contribution >= 0.6 is 0 Å². The lowest BCUT2D eigenvalue weighted by atomic mass is 10.4. The zero-order chi connectivity index (χ0) is 8.43. The number of aliphatic hydroxyl groups is 1. The number of rotatable bonds is 2. The summed E-state index contributed by atoms with van der Waals surface area (Å²) in [4.78, 5) is 22.4. The van der Waals surface area contributed by atoms with Crippen LogP contribution in [0.5, 0.6) is 0 Å². The third-order valence-electron chi connectivity index (χ3n) is 1.66. The lowest BCUT2D eigenvalue weighted by Gasteiger charge is -2.19. The van der Waals surface area contributed by atoms with Crippen molar-refractivity contribution >= 4 is 11.8 Å². The van der Waals surface area contributed by atoms with E-state index in [1.165, 1.54) is 0 Å². The molecular weight excluding hydrogens is 148 g/mol. The second-order valence-electron chi connectivity index (χ2n) is 2.47. The minimum atomic E-state index is -1.44. The number of amides is 2. The van der Waals surface area contributed by atoms with Crippen molar-refractivity contribution in [1.29, 1.82) is 0 Å². The molecule has 1 heterocycles. The first-order chi connectivity index (χ1) is 5.13. The summed E-state index contributed by atoms with van der Waals surface area (Å²) in [6.07, 6.45) is -0.363. The normalized spacial score (nSPS) is 20.5. The van der Waals surface area contributed by atoms with Gasteiger partial charge in [0.2, 0.25) is 12.1 Å². The summed E-state index contributed by atoms with van der Waals surface area (Å²) in [6.45, 7) is 0.420. The van der Waals surface area contributed by atoms with Crippen LogP contribution in [0.3, 0.4) is 0 Å². The zero-order valence-corrected chi connectivity index (χ0v) is 5.99. The van der Waals surface area contributed by atoms with Gasteiger partial charge in [0.05, 0.1) is 0 Å². The molecule has 0 aromatic rings. The van der Waals surface area contributed by atoms with Crippen molar-refractivity contribution in [1.82, 2.24) is 4.90 Å². The highest BCUT2D eigenvalue weighted by Crippen LogP contribution is 2.11. The average molecular weight is 158 g/mol. The Kier molecular flexibility index (Phi) is 2.09. The van der Waals surface area contributed by atoms with Gasteiger partial charge in [-0.05, 0) is 6.42 Å². The van der Waals surface area contributed by atoms with Crippen molar-refractivity contribution < 1.29 is 14.7 Å². The molecule has 11 heavy (non-hydrogen) atoms. The van der Waals surface area contributed by atoms with Crippen LogP contribution in [-0.2, 0) is 9.59 Å². The molecule has 0 aliphatic carbocycles. The van der Waals surface area contributed by atoms with Gasteiger partial charge in [-0.25, -0.2) is 0 Å². The predicted octanol–water partition coefficient (Wildman–Crippen LogP) is -1.59. The lowest BCUT2D eigenvalue weighted by Crippen LogP contribution is -2.45. The van der Waals surface area contributed by atoms with Gasteiger partial charge in [-0.15, -0.1) is 0 Å². The van der Waals surface area contributed by atoms with Gasteiger partial charge in [0.25, 0.3) is 5.91 Å². The van der Waals surface area contributed by atoms with Gasteiger partial charge in [-0.1, -0.05) is 0 Å². The number of carbonyl (C=O) groups excluding carboxylic acids is 2. The van der Waals surface area contributed by atoms with Crippen LogP contribution in [-0.4, -0.2) is 34.6 Å². The number of carbonyl (C=O) groups is 2. The van der Waals surface area contributed by atoms with E-state index in [1.54, 1.807) is 0 Å². The molecule has 0 aromatic carbocycles. The summed E-state index contributed by atoms with van der Waals surface area (Å²) in [6, 6.07) is 0. The van der Waals surface area contributed by atoms with Crippen molar-refractivity contribution in [3.8, 4) is 0 Å². The fourth-order valence-corrected chi connectivity index (χ4v) is 1.08. The van der Waals surface area contributed by atoms with E-state index in [4.69, 9.17) is 10.8 Å². The van der Waals surface area contributed by atoms with E-state index < -0.39 is 12.1 Å². The third-order valence-corrected chi connectivity index (χ3v) is 1.66. The summed E-state index contributed by atoms with van der Waals surface area (Å²) < 4.78 is 0. The smallest absolute Gasteiger partial charge is 0.267 e. The van der Waals surface area contributed by atoms with E-state index in [2.05, 4.69) is 0 Å². The highest BCUT2D eigenvalue weighted by atomic mass is 16.3. The SMILES string of the molecule is NC(=O)C(O)N1CCCC1=O. The quantitative estimate of drug-likeness (QED) is 0.508. The van der Waals surface area contributed by atoms with Crippen LogP contribution in [0.15, 0.2) is 0 Å². The second kappa shape index (κ2) is 2.87. The number of nitrogens with two attached hydrogens (primary N) is 1. The molecule has 0 bridgehead atoms. The molecule has 0 aromatic heterocycles. The Morgan fingerprint density at radius 2 is 2.36 bits per heavy atom. The minimum absolute atomic E-state index is 0.212. The molecule has 0 spiro atoms. The van der Waals surface area contributed by atoms with E-state index >= 15 is 0 Å². The summed E-state index contributed by atoms with van der Waals surface area (Å²) in [7, 11) is 0. The highest BCUT2D eigenvalue weighted by Gasteiger charge is 2.29. The molecule has 62 valence electrons. The molecule has 1 aliphatic heterocycles. The Morgan fingerprint density at radius 3 is 2.73 bits per heavy atom. The molecule has 0 radical (unpaired) electrons. The van der Waals surface area contributed by atoms with Gasteiger partial charge in [-0.3, -0.25) is 9.59 Å². The Balaban J connectivity index is 2.59. The van der Waals surface area contributed by atoms with Crippen molar-refractivity contribution in [2.24, 2.45) is 5.73 Å². The second-order valence-corrected chi connectivity index (χ2v) is 2.47.